The second-order valence-electron chi connectivity index (χ2n) is 5.39. The molecule has 2 rings (SSSR count). The van der Waals surface area contributed by atoms with Crippen LogP contribution in [0.4, 0.5) is 5.13 Å². The van der Waals surface area contributed by atoms with Crippen molar-refractivity contribution in [2.24, 2.45) is 5.41 Å². The van der Waals surface area contributed by atoms with Crippen LogP contribution in [0.2, 0.25) is 0 Å². The summed E-state index contributed by atoms with van der Waals surface area (Å²) in [6.45, 7) is 5.62. The van der Waals surface area contributed by atoms with Crippen LogP contribution in [0.15, 0.2) is 18.2 Å². The normalized spacial score (nSPS) is 11.5. The maximum atomic E-state index is 12.1. The molecule has 7 heteroatoms. The molecule has 0 saturated heterocycles. The predicted octanol–water partition coefficient (Wildman–Crippen LogP) is 3.68. The predicted molar refractivity (Wildman–Crippen MR) is 88.7 cm³/mol. The Kier molecular flexibility index (Phi) is 5.03. The highest BCUT2D eigenvalue weighted by Gasteiger charge is 2.27. The summed E-state index contributed by atoms with van der Waals surface area (Å²) in [5.74, 6) is -0.338. The number of nitrogens with zero attached hydrogens (tertiary/aromatic N) is 1. The van der Waals surface area contributed by atoms with E-state index in [1.165, 1.54) is 11.3 Å². The van der Waals surface area contributed by atoms with Crippen LogP contribution in [0.3, 0.4) is 0 Å². The molecule has 0 bridgehead atoms. The third kappa shape index (κ3) is 3.56. The van der Waals surface area contributed by atoms with Crippen LogP contribution in [0.1, 0.15) is 31.1 Å². The van der Waals surface area contributed by atoms with Gasteiger partial charge in [0.05, 0.1) is 27.8 Å². The minimum Gasteiger partial charge on any atom is -0.462 e. The van der Waals surface area contributed by atoms with Gasteiger partial charge in [-0.1, -0.05) is 11.3 Å². The van der Waals surface area contributed by atoms with Crippen molar-refractivity contribution in [3.63, 3.8) is 0 Å². The number of amides is 1. The summed E-state index contributed by atoms with van der Waals surface area (Å²) in [5, 5.41) is 3.25. The molecule has 0 radical (unpaired) electrons. The lowest BCUT2D eigenvalue weighted by Crippen LogP contribution is -2.32. The first-order chi connectivity index (χ1) is 10.4. The molecule has 0 fully saturated rings. The van der Waals surface area contributed by atoms with Crippen molar-refractivity contribution < 1.29 is 14.3 Å². The van der Waals surface area contributed by atoms with E-state index in [9.17, 15) is 9.59 Å². The van der Waals surface area contributed by atoms with Gasteiger partial charge in [-0.3, -0.25) is 4.79 Å². The summed E-state index contributed by atoms with van der Waals surface area (Å²) in [6.07, 6.45) is 0. The minimum absolute atomic E-state index is 0.188. The quantitative estimate of drug-likeness (QED) is 0.666. The molecule has 22 heavy (non-hydrogen) atoms. The van der Waals surface area contributed by atoms with Gasteiger partial charge in [0.15, 0.2) is 5.13 Å². The number of thiazole rings is 1. The number of carbonyl (C=O) groups excluding carboxylic acids is 2. The Labute approximate surface area is 137 Å². The van der Waals surface area contributed by atoms with Crippen LogP contribution in [-0.2, 0) is 9.53 Å². The zero-order chi connectivity index (χ0) is 16.3. The minimum atomic E-state index is -0.671. The van der Waals surface area contributed by atoms with E-state index >= 15 is 0 Å². The monoisotopic (exact) mass is 340 g/mol. The number of hydrogen-bond donors (Lipinski definition) is 1. The number of benzene rings is 1. The number of aromatic nitrogens is 1. The Morgan fingerprint density at radius 1 is 1.41 bits per heavy atom. The maximum Gasteiger partial charge on any atom is 0.338 e. The van der Waals surface area contributed by atoms with Gasteiger partial charge >= 0.3 is 5.97 Å². The molecule has 0 aliphatic heterocycles. The Balaban J connectivity index is 2.24. The van der Waals surface area contributed by atoms with E-state index in [-0.39, 0.29) is 17.8 Å². The summed E-state index contributed by atoms with van der Waals surface area (Å²) >= 11 is 7.10. The van der Waals surface area contributed by atoms with Gasteiger partial charge in [-0.25, -0.2) is 9.78 Å². The highest BCUT2D eigenvalue weighted by molar-refractivity contribution is 7.22. The topological polar surface area (TPSA) is 68.3 Å². The van der Waals surface area contributed by atoms with Crippen LogP contribution in [0, 0.1) is 5.41 Å². The standard InChI is InChI=1S/C15H17ClN2O3S/c1-4-21-12(19)9-5-6-10-11(7-9)22-14(17-10)18-13(20)15(2,3)8-16/h5-7H,4,8H2,1-3H3,(H,17,18,20). The Morgan fingerprint density at radius 3 is 2.77 bits per heavy atom. The van der Waals surface area contributed by atoms with E-state index in [0.29, 0.717) is 17.3 Å². The molecule has 2 aromatic rings. The van der Waals surface area contributed by atoms with Crippen LogP contribution < -0.4 is 5.32 Å². The number of alkyl halides is 1. The van der Waals surface area contributed by atoms with E-state index in [0.717, 1.165) is 10.2 Å². The first-order valence-corrected chi connectivity index (χ1v) is 8.17. The lowest BCUT2D eigenvalue weighted by atomic mass is 9.95. The molecule has 118 valence electrons. The maximum absolute atomic E-state index is 12.1. The lowest BCUT2D eigenvalue weighted by molar-refractivity contribution is -0.122. The molecule has 0 atom stereocenters. The number of rotatable bonds is 5. The van der Waals surface area contributed by atoms with Crippen molar-refractivity contribution in [3.05, 3.63) is 23.8 Å². The van der Waals surface area contributed by atoms with Gasteiger partial charge < -0.3 is 10.1 Å². The average Bonchev–Trinajstić information content (AvgIpc) is 2.88. The first-order valence-electron chi connectivity index (χ1n) is 6.82. The van der Waals surface area contributed by atoms with Gasteiger partial charge in [0.25, 0.3) is 0 Å². The van der Waals surface area contributed by atoms with Crippen molar-refractivity contribution >= 4 is 50.2 Å². The molecule has 0 saturated carbocycles. The van der Waals surface area contributed by atoms with Gasteiger partial charge in [-0.2, -0.15) is 0 Å². The summed E-state index contributed by atoms with van der Waals surface area (Å²) in [7, 11) is 0. The lowest BCUT2D eigenvalue weighted by Gasteiger charge is -2.18. The number of nitrogens with one attached hydrogen (secondary N) is 1. The number of ether oxygens (including phenoxy) is 1. The zero-order valence-electron chi connectivity index (χ0n) is 12.6. The molecule has 1 N–H and O–H groups in total. The smallest absolute Gasteiger partial charge is 0.338 e. The van der Waals surface area contributed by atoms with Crippen molar-refractivity contribution in [2.45, 2.75) is 20.8 Å². The molecular weight excluding hydrogens is 324 g/mol. The van der Waals surface area contributed by atoms with E-state index < -0.39 is 5.41 Å². The molecule has 1 aromatic carbocycles. The second-order valence-corrected chi connectivity index (χ2v) is 6.69. The fourth-order valence-electron chi connectivity index (χ4n) is 1.65. The summed E-state index contributed by atoms with van der Waals surface area (Å²) in [4.78, 5) is 28.2. The number of esters is 1. The zero-order valence-corrected chi connectivity index (χ0v) is 14.2. The molecule has 0 unspecified atom stereocenters. The number of halogens is 1. The number of carbonyl (C=O) groups is 2. The Bertz CT molecular complexity index is 712. The van der Waals surface area contributed by atoms with Crippen molar-refractivity contribution in [1.29, 1.82) is 0 Å². The van der Waals surface area contributed by atoms with Crippen molar-refractivity contribution in [3.8, 4) is 0 Å². The van der Waals surface area contributed by atoms with Crippen LogP contribution in [0.25, 0.3) is 10.2 Å². The van der Waals surface area contributed by atoms with Gasteiger partial charge in [0.1, 0.15) is 0 Å². The highest BCUT2D eigenvalue weighted by Crippen LogP contribution is 2.29. The third-order valence-corrected chi connectivity index (χ3v) is 4.67. The van der Waals surface area contributed by atoms with E-state index in [1.807, 2.05) is 0 Å². The summed E-state index contributed by atoms with van der Waals surface area (Å²) in [6, 6.07) is 5.11. The summed E-state index contributed by atoms with van der Waals surface area (Å²) in [5.41, 5.74) is 0.518. The molecule has 1 aromatic heterocycles. The van der Waals surface area contributed by atoms with Crippen LogP contribution in [0.5, 0.6) is 0 Å². The van der Waals surface area contributed by atoms with Gasteiger partial charge in [-0.15, -0.1) is 11.6 Å². The summed E-state index contributed by atoms with van der Waals surface area (Å²) < 4.78 is 5.78. The average molecular weight is 341 g/mol. The Hall–Kier alpha value is -1.66. The number of fused-ring (bicyclic) bond motifs is 1. The SMILES string of the molecule is CCOC(=O)c1ccc2nc(NC(=O)C(C)(C)CCl)sc2c1. The van der Waals surface area contributed by atoms with Gasteiger partial charge in [0.2, 0.25) is 5.91 Å². The Morgan fingerprint density at radius 2 is 2.14 bits per heavy atom. The second kappa shape index (κ2) is 6.62. The molecule has 5 nitrogen and oxygen atoms in total. The fourth-order valence-corrected chi connectivity index (χ4v) is 2.67. The highest BCUT2D eigenvalue weighted by atomic mass is 35.5. The number of hydrogen-bond acceptors (Lipinski definition) is 5. The van der Waals surface area contributed by atoms with Crippen LogP contribution >= 0.6 is 22.9 Å². The molecule has 1 heterocycles. The fraction of sp³-hybridized carbons (Fsp3) is 0.400. The molecule has 0 aliphatic carbocycles. The molecule has 1 amide bonds. The van der Waals surface area contributed by atoms with Gasteiger partial charge in [-0.05, 0) is 39.0 Å². The van der Waals surface area contributed by atoms with Gasteiger partial charge in [0, 0.05) is 5.88 Å². The number of anilines is 1. The van der Waals surface area contributed by atoms with E-state index in [4.69, 9.17) is 16.3 Å². The molecule has 0 spiro atoms. The van der Waals surface area contributed by atoms with Crippen LogP contribution in [-0.4, -0.2) is 29.3 Å². The van der Waals surface area contributed by atoms with E-state index in [2.05, 4.69) is 10.3 Å². The third-order valence-electron chi connectivity index (χ3n) is 3.07. The molecular formula is C15H17ClN2O3S. The van der Waals surface area contributed by atoms with E-state index in [1.54, 1.807) is 39.0 Å². The largest absolute Gasteiger partial charge is 0.462 e. The van der Waals surface area contributed by atoms with Crippen molar-refractivity contribution in [1.82, 2.24) is 4.98 Å². The first kappa shape index (κ1) is 16.7. The van der Waals surface area contributed by atoms with Crippen molar-refractivity contribution in [2.75, 3.05) is 17.8 Å². The molecule has 0 aliphatic rings.